The van der Waals surface area contributed by atoms with Crippen LogP contribution in [0.4, 0.5) is 11.4 Å². The maximum atomic E-state index is 12.3. The third-order valence-corrected chi connectivity index (χ3v) is 3.67. The van der Waals surface area contributed by atoms with Crippen molar-refractivity contribution in [2.75, 3.05) is 31.2 Å². The summed E-state index contributed by atoms with van der Waals surface area (Å²) < 4.78 is 5.11. The van der Waals surface area contributed by atoms with Gasteiger partial charge in [-0.2, -0.15) is 0 Å². The lowest BCUT2D eigenvalue weighted by atomic mass is 10.2. The molecule has 0 bridgehead atoms. The summed E-state index contributed by atoms with van der Waals surface area (Å²) in [6.45, 7) is 4.12. The molecule has 1 aromatic rings. The van der Waals surface area contributed by atoms with E-state index in [-0.39, 0.29) is 36.8 Å². The van der Waals surface area contributed by atoms with E-state index in [1.54, 1.807) is 19.2 Å². The predicted octanol–water partition coefficient (Wildman–Crippen LogP) is 2.93. The Kier molecular flexibility index (Phi) is 9.25. The maximum absolute atomic E-state index is 12.3. The number of carbonyl (C=O) groups is 1. The summed E-state index contributed by atoms with van der Waals surface area (Å²) in [5.74, 6) is 0.678. The zero-order valence-electron chi connectivity index (χ0n) is 13.0. The number of anilines is 2. The largest absolute Gasteiger partial charge is 0.495 e. The van der Waals surface area contributed by atoms with E-state index >= 15 is 0 Å². The van der Waals surface area contributed by atoms with E-state index in [2.05, 4.69) is 17.1 Å². The molecule has 0 aliphatic carbocycles. The normalized spacial score (nSPS) is 17.3. The van der Waals surface area contributed by atoms with Gasteiger partial charge in [0, 0.05) is 5.69 Å². The fourth-order valence-corrected chi connectivity index (χ4v) is 2.72. The van der Waals surface area contributed by atoms with Crippen LogP contribution in [0.15, 0.2) is 18.2 Å². The van der Waals surface area contributed by atoms with Gasteiger partial charge in [-0.25, -0.2) is 0 Å². The summed E-state index contributed by atoms with van der Waals surface area (Å²) in [4.78, 5) is 14.6. The number of methoxy groups -OCH3 is 1. The smallest absolute Gasteiger partial charge is 0.241 e. The number of ether oxygens (including phenoxy) is 1. The summed E-state index contributed by atoms with van der Waals surface area (Å²) in [5, 5.41) is 2.95. The number of hydrogen-bond acceptors (Lipinski definition) is 4. The molecule has 0 saturated carbocycles. The molecule has 1 aliphatic heterocycles. The Morgan fingerprint density at radius 2 is 2.18 bits per heavy atom. The van der Waals surface area contributed by atoms with Crippen LogP contribution in [-0.2, 0) is 4.79 Å². The maximum Gasteiger partial charge on any atom is 0.241 e. The SMILES string of the molecule is CCCN1CCCC1C(=O)Nc1ccc(OC)c(N)c1.Cl.Cl. The molecule has 2 rings (SSSR count). The first-order valence-electron chi connectivity index (χ1n) is 7.14. The Labute approximate surface area is 144 Å². The summed E-state index contributed by atoms with van der Waals surface area (Å²) in [5.41, 5.74) is 7.10. The van der Waals surface area contributed by atoms with Gasteiger partial charge in [-0.3, -0.25) is 9.69 Å². The standard InChI is InChI=1S/C15H23N3O2.2ClH/c1-3-8-18-9-4-5-13(18)15(19)17-11-6-7-14(20-2)12(16)10-11;;/h6-7,10,13H,3-5,8-9,16H2,1-2H3,(H,17,19);2*1H. The van der Waals surface area contributed by atoms with Crippen molar-refractivity contribution >= 4 is 42.1 Å². The minimum Gasteiger partial charge on any atom is -0.495 e. The Morgan fingerprint density at radius 1 is 1.45 bits per heavy atom. The van der Waals surface area contributed by atoms with Gasteiger partial charge in [-0.1, -0.05) is 6.92 Å². The van der Waals surface area contributed by atoms with Gasteiger partial charge >= 0.3 is 0 Å². The Hall–Kier alpha value is -1.17. The molecule has 1 aromatic carbocycles. The van der Waals surface area contributed by atoms with Crippen LogP contribution in [0.1, 0.15) is 26.2 Å². The highest BCUT2D eigenvalue weighted by Crippen LogP contribution is 2.25. The number of halogens is 2. The summed E-state index contributed by atoms with van der Waals surface area (Å²) in [6, 6.07) is 5.30. The molecule has 1 fully saturated rings. The molecule has 22 heavy (non-hydrogen) atoms. The summed E-state index contributed by atoms with van der Waals surface area (Å²) in [6.07, 6.45) is 3.08. The molecule has 1 amide bonds. The molecule has 1 unspecified atom stereocenters. The number of nitrogens with two attached hydrogens (primary N) is 1. The molecular weight excluding hydrogens is 325 g/mol. The van der Waals surface area contributed by atoms with Crippen molar-refractivity contribution in [2.24, 2.45) is 0 Å². The van der Waals surface area contributed by atoms with Crippen LogP contribution in [0.3, 0.4) is 0 Å². The number of hydrogen-bond donors (Lipinski definition) is 2. The van der Waals surface area contributed by atoms with Gasteiger partial charge in [0.15, 0.2) is 0 Å². The van der Waals surface area contributed by atoms with Crippen LogP contribution in [0.2, 0.25) is 0 Å². The first-order valence-corrected chi connectivity index (χ1v) is 7.14. The topological polar surface area (TPSA) is 67.6 Å². The number of amides is 1. The van der Waals surface area contributed by atoms with E-state index in [1.165, 1.54) is 0 Å². The van der Waals surface area contributed by atoms with Gasteiger partial charge in [-0.05, 0) is 50.6 Å². The number of carbonyl (C=O) groups excluding carboxylic acids is 1. The molecule has 0 spiro atoms. The lowest BCUT2D eigenvalue weighted by molar-refractivity contribution is -0.120. The van der Waals surface area contributed by atoms with Crippen molar-refractivity contribution in [3.05, 3.63) is 18.2 Å². The number of nitrogen functional groups attached to an aromatic ring is 1. The molecule has 0 aromatic heterocycles. The van der Waals surface area contributed by atoms with Crippen molar-refractivity contribution in [3.63, 3.8) is 0 Å². The van der Waals surface area contributed by atoms with E-state index in [0.717, 1.165) is 38.0 Å². The monoisotopic (exact) mass is 349 g/mol. The Morgan fingerprint density at radius 3 is 2.77 bits per heavy atom. The first-order chi connectivity index (χ1) is 9.65. The van der Waals surface area contributed by atoms with Crippen molar-refractivity contribution in [2.45, 2.75) is 32.2 Å². The third-order valence-electron chi connectivity index (χ3n) is 3.67. The highest BCUT2D eigenvalue weighted by molar-refractivity contribution is 5.95. The second-order valence-corrected chi connectivity index (χ2v) is 5.14. The van der Waals surface area contributed by atoms with Crippen LogP contribution in [0.25, 0.3) is 0 Å². The zero-order chi connectivity index (χ0) is 14.5. The average molecular weight is 350 g/mol. The molecule has 0 radical (unpaired) electrons. The molecular formula is C15H25Cl2N3O2. The van der Waals surface area contributed by atoms with Gasteiger partial charge in [0.25, 0.3) is 0 Å². The van der Waals surface area contributed by atoms with Crippen molar-refractivity contribution in [1.82, 2.24) is 4.90 Å². The van der Waals surface area contributed by atoms with E-state index in [9.17, 15) is 4.79 Å². The van der Waals surface area contributed by atoms with Crippen LogP contribution < -0.4 is 15.8 Å². The van der Waals surface area contributed by atoms with Crippen molar-refractivity contribution in [1.29, 1.82) is 0 Å². The van der Waals surface area contributed by atoms with Crippen molar-refractivity contribution in [3.8, 4) is 5.75 Å². The van der Waals surface area contributed by atoms with Crippen LogP contribution in [0.5, 0.6) is 5.75 Å². The minimum absolute atomic E-state index is 0. The fraction of sp³-hybridized carbons (Fsp3) is 0.533. The second-order valence-electron chi connectivity index (χ2n) is 5.14. The first kappa shape index (κ1) is 20.8. The zero-order valence-corrected chi connectivity index (χ0v) is 14.6. The average Bonchev–Trinajstić information content (AvgIpc) is 2.88. The molecule has 1 aliphatic rings. The summed E-state index contributed by atoms with van der Waals surface area (Å²) in [7, 11) is 1.57. The molecule has 7 heteroatoms. The number of nitrogens with zero attached hydrogens (tertiary/aromatic N) is 1. The molecule has 5 nitrogen and oxygen atoms in total. The summed E-state index contributed by atoms with van der Waals surface area (Å²) >= 11 is 0. The minimum atomic E-state index is -0.0155. The van der Waals surface area contributed by atoms with E-state index in [0.29, 0.717) is 11.4 Å². The predicted molar refractivity (Wildman–Crippen MR) is 95.4 cm³/mol. The van der Waals surface area contributed by atoms with Gasteiger partial charge in [-0.15, -0.1) is 24.8 Å². The van der Waals surface area contributed by atoms with Crippen LogP contribution in [0, 0.1) is 0 Å². The van der Waals surface area contributed by atoms with E-state index in [4.69, 9.17) is 10.5 Å². The highest BCUT2D eigenvalue weighted by atomic mass is 35.5. The molecule has 1 saturated heterocycles. The third kappa shape index (κ3) is 4.93. The Balaban J connectivity index is 0.00000220. The van der Waals surface area contributed by atoms with Gasteiger partial charge in [0.05, 0.1) is 18.8 Å². The van der Waals surface area contributed by atoms with E-state index < -0.39 is 0 Å². The number of rotatable bonds is 5. The van der Waals surface area contributed by atoms with E-state index in [1.807, 2.05) is 6.07 Å². The van der Waals surface area contributed by atoms with Crippen LogP contribution in [-0.4, -0.2) is 37.0 Å². The molecule has 1 atom stereocenters. The quantitative estimate of drug-likeness (QED) is 0.802. The lowest BCUT2D eigenvalue weighted by Gasteiger charge is -2.23. The number of nitrogens with one attached hydrogen (secondary N) is 1. The number of benzene rings is 1. The van der Waals surface area contributed by atoms with Gasteiger partial charge < -0.3 is 15.8 Å². The second kappa shape index (κ2) is 9.77. The van der Waals surface area contributed by atoms with Gasteiger partial charge in [0.1, 0.15) is 5.75 Å². The molecule has 126 valence electrons. The fourth-order valence-electron chi connectivity index (χ4n) is 2.72. The van der Waals surface area contributed by atoms with Gasteiger partial charge in [0.2, 0.25) is 5.91 Å². The lowest BCUT2D eigenvalue weighted by Crippen LogP contribution is -2.39. The number of likely N-dealkylation sites (tertiary alicyclic amines) is 1. The molecule has 1 heterocycles. The highest BCUT2D eigenvalue weighted by Gasteiger charge is 2.29. The van der Waals surface area contributed by atoms with Crippen molar-refractivity contribution < 1.29 is 9.53 Å². The van der Waals surface area contributed by atoms with Crippen LogP contribution >= 0.6 is 24.8 Å². The Bertz CT molecular complexity index is 486. The molecule has 3 N–H and O–H groups in total.